The number of carboxylic acids is 1. The van der Waals surface area contributed by atoms with Gasteiger partial charge in [-0.1, -0.05) is 18.5 Å². The van der Waals surface area contributed by atoms with Crippen molar-refractivity contribution in [2.45, 2.75) is 19.4 Å². The molecule has 0 aromatic carbocycles. The fraction of sp³-hybridized carbons (Fsp3) is 0.538. The molecule has 0 aliphatic carbocycles. The molecule has 1 atom stereocenters. The van der Waals surface area contributed by atoms with Crippen molar-refractivity contribution in [3.63, 3.8) is 0 Å². The molecule has 104 valence electrons. The van der Waals surface area contributed by atoms with Crippen LogP contribution in [-0.4, -0.2) is 53.7 Å². The lowest BCUT2D eigenvalue weighted by Gasteiger charge is -2.40. The molecule has 2 rings (SSSR count). The van der Waals surface area contributed by atoms with Crippen LogP contribution in [0.1, 0.15) is 23.7 Å². The molecule has 2 heterocycles. The van der Waals surface area contributed by atoms with Crippen molar-refractivity contribution in [1.29, 1.82) is 0 Å². The van der Waals surface area contributed by atoms with Gasteiger partial charge >= 0.3 is 5.97 Å². The van der Waals surface area contributed by atoms with Crippen LogP contribution in [-0.2, 0) is 0 Å². The summed E-state index contributed by atoms with van der Waals surface area (Å²) in [7, 11) is 2.09. The van der Waals surface area contributed by atoms with Crippen molar-refractivity contribution >= 4 is 23.4 Å². The average molecular weight is 284 g/mol. The summed E-state index contributed by atoms with van der Waals surface area (Å²) in [5.41, 5.74) is 0.212. The lowest BCUT2D eigenvalue weighted by Crippen LogP contribution is -2.51. The molecule has 0 radical (unpaired) electrons. The first kappa shape index (κ1) is 14.1. The van der Waals surface area contributed by atoms with Crippen LogP contribution in [0.4, 0.5) is 5.82 Å². The van der Waals surface area contributed by atoms with Gasteiger partial charge in [0.05, 0.1) is 0 Å². The fourth-order valence-corrected chi connectivity index (χ4v) is 2.56. The molecule has 1 aromatic rings. The second-order valence-electron chi connectivity index (χ2n) is 4.80. The van der Waals surface area contributed by atoms with E-state index >= 15 is 0 Å². The van der Waals surface area contributed by atoms with Crippen molar-refractivity contribution in [3.8, 4) is 0 Å². The van der Waals surface area contributed by atoms with Crippen LogP contribution < -0.4 is 4.90 Å². The Balaban J connectivity index is 2.31. The third-order valence-electron chi connectivity index (χ3n) is 3.62. The molecule has 5 nitrogen and oxygen atoms in total. The van der Waals surface area contributed by atoms with E-state index in [0.29, 0.717) is 17.0 Å². The highest BCUT2D eigenvalue weighted by atomic mass is 35.5. The van der Waals surface area contributed by atoms with E-state index in [0.717, 1.165) is 26.1 Å². The van der Waals surface area contributed by atoms with E-state index in [4.69, 9.17) is 11.6 Å². The van der Waals surface area contributed by atoms with Crippen LogP contribution in [0, 0.1) is 0 Å². The smallest absolute Gasteiger partial charge is 0.339 e. The van der Waals surface area contributed by atoms with Gasteiger partial charge in [0, 0.05) is 25.7 Å². The zero-order valence-electron chi connectivity index (χ0n) is 11.1. The standard InChI is InChI=1S/C13H18ClN3O2/c1-3-9-8-17(7-6-16(9)2)12-10(13(18)19)4-5-11(14)15-12/h4-5,9H,3,6-8H2,1-2H3,(H,18,19). The molecule has 1 saturated heterocycles. The zero-order valence-corrected chi connectivity index (χ0v) is 11.9. The Labute approximate surface area is 117 Å². The third kappa shape index (κ3) is 2.98. The van der Waals surface area contributed by atoms with Gasteiger partial charge in [0.15, 0.2) is 0 Å². The molecule has 0 bridgehead atoms. The number of hydrogen-bond acceptors (Lipinski definition) is 4. The number of piperazine rings is 1. The van der Waals surface area contributed by atoms with E-state index in [1.54, 1.807) is 0 Å². The molecule has 1 aliphatic heterocycles. The summed E-state index contributed by atoms with van der Waals surface area (Å²) in [6.45, 7) is 4.57. The first-order valence-electron chi connectivity index (χ1n) is 6.38. The number of carbonyl (C=O) groups is 1. The molecule has 0 amide bonds. The monoisotopic (exact) mass is 283 g/mol. The zero-order chi connectivity index (χ0) is 14.0. The molecule has 1 aromatic heterocycles. The number of anilines is 1. The van der Waals surface area contributed by atoms with Gasteiger partial charge in [-0.25, -0.2) is 9.78 Å². The van der Waals surface area contributed by atoms with E-state index in [1.807, 2.05) is 4.90 Å². The second kappa shape index (κ2) is 5.75. The summed E-state index contributed by atoms with van der Waals surface area (Å²) < 4.78 is 0. The van der Waals surface area contributed by atoms with Gasteiger partial charge in [-0.3, -0.25) is 4.90 Å². The minimum atomic E-state index is -0.967. The largest absolute Gasteiger partial charge is 0.478 e. The van der Waals surface area contributed by atoms with E-state index < -0.39 is 5.97 Å². The number of nitrogens with zero attached hydrogens (tertiary/aromatic N) is 3. The number of carboxylic acid groups (broad SMARTS) is 1. The summed E-state index contributed by atoms with van der Waals surface area (Å²) in [5, 5.41) is 9.57. The molecule has 1 unspecified atom stereocenters. The van der Waals surface area contributed by atoms with Crippen molar-refractivity contribution < 1.29 is 9.90 Å². The maximum absolute atomic E-state index is 11.3. The SMILES string of the molecule is CCC1CN(c2nc(Cl)ccc2C(=O)O)CCN1C. The minimum Gasteiger partial charge on any atom is -0.478 e. The highest BCUT2D eigenvalue weighted by molar-refractivity contribution is 6.29. The molecular formula is C13H18ClN3O2. The van der Waals surface area contributed by atoms with Gasteiger partial charge in [-0.05, 0) is 25.6 Å². The van der Waals surface area contributed by atoms with E-state index in [9.17, 15) is 9.90 Å². The molecule has 0 saturated carbocycles. The Morgan fingerprint density at radius 2 is 2.26 bits per heavy atom. The number of halogens is 1. The predicted molar refractivity (Wildman–Crippen MR) is 75.1 cm³/mol. The Morgan fingerprint density at radius 1 is 1.53 bits per heavy atom. The molecule has 0 spiro atoms. The Bertz CT molecular complexity index is 481. The first-order chi connectivity index (χ1) is 9.02. The Hall–Kier alpha value is -1.33. The van der Waals surface area contributed by atoms with Gasteiger partial charge in [0.25, 0.3) is 0 Å². The Morgan fingerprint density at radius 3 is 2.89 bits per heavy atom. The van der Waals surface area contributed by atoms with Crippen LogP contribution in [0.15, 0.2) is 12.1 Å². The number of rotatable bonds is 3. The van der Waals surface area contributed by atoms with Gasteiger partial charge in [0.2, 0.25) is 0 Å². The summed E-state index contributed by atoms with van der Waals surface area (Å²) in [5.74, 6) is -0.488. The summed E-state index contributed by atoms with van der Waals surface area (Å²) in [6, 6.07) is 3.45. The van der Waals surface area contributed by atoms with Crippen LogP contribution in [0.3, 0.4) is 0 Å². The van der Waals surface area contributed by atoms with E-state index in [1.165, 1.54) is 12.1 Å². The summed E-state index contributed by atoms with van der Waals surface area (Å²) in [4.78, 5) is 19.8. The fourth-order valence-electron chi connectivity index (χ4n) is 2.41. The van der Waals surface area contributed by atoms with Crippen molar-refractivity contribution in [2.24, 2.45) is 0 Å². The van der Waals surface area contributed by atoms with Crippen LogP contribution in [0.5, 0.6) is 0 Å². The number of pyridine rings is 1. The van der Waals surface area contributed by atoms with Gasteiger partial charge in [0.1, 0.15) is 16.5 Å². The number of aromatic carboxylic acids is 1. The molecule has 1 aliphatic rings. The van der Waals surface area contributed by atoms with Crippen molar-refractivity contribution in [1.82, 2.24) is 9.88 Å². The third-order valence-corrected chi connectivity index (χ3v) is 3.83. The number of likely N-dealkylation sites (N-methyl/N-ethyl adjacent to an activating group) is 1. The van der Waals surface area contributed by atoms with Crippen LogP contribution >= 0.6 is 11.6 Å². The lowest BCUT2D eigenvalue weighted by atomic mass is 10.1. The number of aromatic nitrogens is 1. The lowest BCUT2D eigenvalue weighted by molar-refractivity contribution is 0.0697. The molecular weight excluding hydrogens is 266 g/mol. The van der Waals surface area contributed by atoms with Crippen LogP contribution in [0.2, 0.25) is 5.15 Å². The highest BCUT2D eigenvalue weighted by Gasteiger charge is 2.26. The average Bonchev–Trinajstić information content (AvgIpc) is 2.38. The van der Waals surface area contributed by atoms with Gasteiger partial charge in [-0.2, -0.15) is 0 Å². The van der Waals surface area contributed by atoms with E-state index in [-0.39, 0.29) is 5.56 Å². The quantitative estimate of drug-likeness (QED) is 0.860. The highest BCUT2D eigenvalue weighted by Crippen LogP contribution is 2.24. The molecule has 1 N–H and O–H groups in total. The summed E-state index contributed by atoms with van der Waals surface area (Å²) in [6.07, 6.45) is 1.02. The Kier molecular flexibility index (Phi) is 4.27. The van der Waals surface area contributed by atoms with Gasteiger partial charge < -0.3 is 10.0 Å². The van der Waals surface area contributed by atoms with E-state index in [2.05, 4.69) is 23.9 Å². The van der Waals surface area contributed by atoms with Crippen molar-refractivity contribution in [3.05, 3.63) is 22.8 Å². The number of hydrogen-bond donors (Lipinski definition) is 1. The topological polar surface area (TPSA) is 56.7 Å². The van der Waals surface area contributed by atoms with Crippen molar-refractivity contribution in [2.75, 3.05) is 31.6 Å². The van der Waals surface area contributed by atoms with Crippen LogP contribution in [0.25, 0.3) is 0 Å². The summed E-state index contributed by atoms with van der Waals surface area (Å²) >= 11 is 5.90. The molecule has 6 heteroatoms. The predicted octanol–water partition coefficient (Wildman–Crippen LogP) is 1.96. The molecule has 1 fully saturated rings. The second-order valence-corrected chi connectivity index (χ2v) is 5.19. The minimum absolute atomic E-state index is 0.212. The molecule has 19 heavy (non-hydrogen) atoms. The first-order valence-corrected chi connectivity index (χ1v) is 6.75. The normalized spacial score (nSPS) is 20.6. The maximum atomic E-state index is 11.3. The van der Waals surface area contributed by atoms with Gasteiger partial charge in [-0.15, -0.1) is 0 Å². The maximum Gasteiger partial charge on any atom is 0.339 e.